The van der Waals surface area contributed by atoms with Crippen molar-refractivity contribution >= 4 is 10.9 Å². The highest BCUT2D eigenvalue weighted by molar-refractivity contribution is 5.81. The summed E-state index contributed by atoms with van der Waals surface area (Å²) in [5.41, 5.74) is 1.27. The Labute approximate surface area is 137 Å². The van der Waals surface area contributed by atoms with E-state index in [1.165, 1.54) is 4.68 Å². The Hall–Kier alpha value is -3.41. The number of aryl methyl sites for hydroxylation is 1. The molecule has 6 heteroatoms. The van der Waals surface area contributed by atoms with E-state index >= 15 is 0 Å². The minimum absolute atomic E-state index is 0.233. The van der Waals surface area contributed by atoms with E-state index < -0.39 is 0 Å². The van der Waals surface area contributed by atoms with E-state index in [0.717, 1.165) is 11.3 Å². The predicted octanol–water partition coefficient (Wildman–Crippen LogP) is 3.21. The third-order valence-corrected chi connectivity index (χ3v) is 3.68. The molecule has 2 aromatic heterocycles. The molecule has 0 unspecified atom stereocenters. The first-order chi connectivity index (χ1) is 11.7. The molecule has 6 nitrogen and oxygen atoms in total. The molecule has 0 spiro atoms. The van der Waals surface area contributed by atoms with E-state index in [2.05, 4.69) is 15.1 Å². The Morgan fingerprint density at radius 1 is 1.12 bits per heavy atom. The summed E-state index contributed by atoms with van der Waals surface area (Å²) in [4.78, 5) is 19.6. The number of nitrogens with one attached hydrogen (secondary N) is 1. The number of H-pyrrole nitrogens is 1. The van der Waals surface area contributed by atoms with E-state index in [0.29, 0.717) is 22.6 Å². The van der Waals surface area contributed by atoms with Gasteiger partial charge in [0.05, 0.1) is 10.9 Å². The zero-order valence-corrected chi connectivity index (χ0v) is 12.9. The maximum Gasteiger partial charge on any atom is 0.260 e. The van der Waals surface area contributed by atoms with Crippen LogP contribution in [0.5, 0.6) is 11.5 Å². The Kier molecular flexibility index (Phi) is 3.35. The van der Waals surface area contributed by atoms with Gasteiger partial charge in [0.2, 0.25) is 5.95 Å². The Balaban J connectivity index is 1.82. The standard InChI is InChI=1S/C18H14N4O2/c1-12-10-15-14(11-16(12)24-13-6-3-2-4-7-13)17(23)21-18(20-15)22-9-5-8-19-22/h2-11H,1H3,(H,20,21,23). The lowest BCUT2D eigenvalue weighted by atomic mass is 10.1. The second-order valence-corrected chi connectivity index (χ2v) is 5.39. The lowest BCUT2D eigenvalue weighted by Gasteiger charge is -2.10. The topological polar surface area (TPSA) is 72.8 Å². The average Bonchev–Trinajstić information content (AvgIpc) is 3.11. The summed E-state index contributed by atoms with van der Waals surface area (Å²) in [5, 5.41) is 4.56. The van der Waals surface area contributed by atoms with Crippen molar-refractivity contribution in [1.29, 1.82) is 0 Å². The van der Waals surface area contributed by atoms with E-state index in [4.69, 9.17) is 4.74 Å². The van der Waals surface area contributed by atoms with Crippen LogP contribution in [0.3, 0.4) is 0 Å². The van der Waals surface area contributed by atoms with Gasteiger partial charge in [0.25, 0.3) is 5.56 Å². The molecular formula is C18H14N4O2. The Morgan fingerprint density at radius 2 is 1.96 bits per heavy atom. The van der Waals surface area contributed by atoms with E-state index in [1.54, 1.807) is 24.5 Å². The van der Waals surface area contributed by atoms with Gasteiger partial charge in [-0.25, -0.2) is 9.67 Å². The fraction of sp³-hybridized carbons (Fsp3) is 0.0556. The van der Waals surface area contributed by atoms with Crippen molar-refractivity contribution in [1.82, 2.24) is 19.7 Å². The summed E-state index contributed by atoms with van der Waals surface area (Å²) in [6, 6.07) is 14.8. The monoisotopic (exact) mass is 318 g/mol. The third kappa shape index (κ3) is 2.54. The Bertz CT molecular complexity index is 1050. The first kappa shape index (κ1) is 14.2. The average molecular weight is 318 g/mol. The number of fused-ring (bicyclic) bond motifs is 1. The quantitative estimate of drug-likeness (QED) is 0.629. The predicted molar refractivity (Wildman–Crippen MR) is 90.7 cm³/mol. The highest BCUT2D eigenvalue weighted by Crippen LogP contribution is 2.27. The van der Waals surface area contributed by atoms with Gasteiger partial charge in [-0.1, -0.05) is 18.2 Å². The molecule has 0 aliphatic rings. The van der Waals surface area contributed by atoms with Gasteiger partial charge >= 0.3 is 0 Å². The number of nitrogens with zero attached hydrogens (tertiary/aromatic N) is 3. The van der Waals surface area contributed by atoms with Crippen molar-refractivity contribution in [2.24, 2.45) is 0 Å². The smallest absolute Gasteiger partial charge is 0.260 e. The number of ether oxygens (including phenoxy) is 1. The molecular weight excluding hydrogens is 304 g/mol. The molecule has 0 bridgehead atoms. The molecule has 118 valence electrons. The molecule has 2 heterocycles. The van der Waals surface area contributed by atoms with E-state index in [1.807, 2.05) is 43.3 Å². The second kappa shape index (κ2) is 5.66. The maximum atomic E-state index is 12.4. The molecule has 0 aliphatic carbocycles. The molecule has 0 atom stereocenters. The Morgan fingerprint density at radius 3 is 2.71 bits per heavy atom. The van der Waals surface area contributed by atoms with Crippen molar-refractivity contribution in [3.63, 3.8) is 0 Å². The number of para-hydroxylation sites is 1. The van der Waals surface area contributed by atoms with Crippen molar-refractivity contribution in [3.8, 4) is 17.4 Å². The number of hydrogen-bond acceptors (Lipinski definition) is 4. The maximum absolute atomic E-state index is 12.4. The summed E-state index contributed by atoms with van der Waals surface area (Å²) in [7, 11) is 0. The largest absolute Gasteiger partial charge is 0.457 e. The van der Waals surface area contributed by atoms with Gasteiger partial charge in [0, 0.05) is 12.4 Å². The number of aromatic amines is 1. The van der Waals surface area contributed by atoms with Gasteiger partial charge in [0.1, 0.15) is 11.5 Å². The first-order valence-electron chi connectivity index (χ1n) is 7.48. The lowest BCUT2D eigenvalue weighted by Crippen LogP contribution is -2.14. The fourth-order valence-corrected chi connectivity index (χ4v) is 2.49. The number of rotatable bonds is 3. The summed E-state index contributed by atoms with van der Waals surface area (Å²) in [5.74, 6) is 1.74. The van der Waals surface area contributed by atoms with Crippen molar-refractivity contribution in [2.75, 3.05) is 0 Å². The minimum atomic E-state index is -0.233. The molecule has 2 aromatic carbocycles. The number of benzene rings is 2. The van der Waals surface area contributed by atoms with Crippen molar-refractivity contribution < 1.29 is 4.74 Å². The molecule has 0 radical (unpaired) electrons. The van der Waals surface area contributed by atoms with Crippen LogP contribution in [-0.2, 0) is 0 Å². The van der Waals surface area contributed by atoms with Gasteiger partial charge in [-0.2, -0.15) is 5.10 Å². The van der Waals surface area contributed by atoms with E-state index in [-0.39, 0.29) is 5.56 Å². The van der Waals surface area contributed by atoms with Crippen molar-refractivity contribution in [3.05, 3.63) is 76.8 Å². The molecule has 4 aromatic rings. The van der Waals surface area contributed by atoms with Crippen LogP contribution in [0.1, 0.15) is 5.56 Å². The summed E-state index contributed by atoms with van der Waals surface area (Å²) < 4.78 is 7.40. The normalized spacial score (nSPS) is 10.9. The van der Waals surface area contributed by atoms with Crippen molar-refractivity contribution in [2.45, 2.75) is 6.92 Å². The number of hydrogen-bond donors (Lipinski definition) is 1. The van der Waals surface area contributed by atoms with Gasteiger partial charge in [-0.05, 0) is 42.8 Å². The molecule has 24 heavy (non-hydrogen) atoms. The first-order valence-corrected chi connectivity index (χ1v) is 7.48. The van der Waals surface area contributed by atoms with Crippen LogP contribution >= 0.6 is 0 Å². The second-order valence-electron chi connectivity index (χ2n) is 5.39. The van der Waals surface area contributed by atoms with Gasteiger partial charge in [-0.15, -0.1) is 0 Å². The zero-order chi connectivity index (χ0) is 16.5. The summed E-state index contributed by atoms with van der Waals surface area (Å²) in [6.07, 6.45) is 3.36. The van der Waals surface area contributed by atoms with Gasteiger partial charge in [0.15, 0.2) is 0 Å². The molecule has 0 amide bonds. The minimum Gasteiger partial charge on any atom is -0.457 e. The van der Waals surface area contributed by atoms with Crippen LogP contribution < -0.4 is 10.3 Å². The van der Waals surface area contributed by atoms with Crippen LogP contribution in [0, 0.1) is 6.92 Å². The molecule has 0 saturated heterocycles. The van der Waals surface area contributed by atoms with Gasteiger partial charge in [-0.3, -0.25) is 9.78 Å². The molecule has 0 fully saturated rings. The summed E-state index contributed by atoms with van der Waals surface area (Å²) in [6.45, 7) is 1.92. The van der Waals surface area contributed by atoms with Gasteiger partial charge < -0.3 is 4.74 Å². The fourth-order valence-electron chi connectivity index (χ4n) is 2.49. The SMILES string of the molecule is Cc1cc2nc(-n3cccn3)[nH]c(=O)c2cc1Oc1ccccc1. The molecule has 0 saturated carbocycles. The third-order valence-electron chi connectivity index (χ3n) is 3.68. The van der Waals surface area contributed by atoms with Crippen LogP contribution in [0.25, 0.3) is 16.9 Å². The molecule has 0 aliphatic heterocycles. The van der Waals surface area contributed by atoms with E-state index in [9.17, 15) is 4.79 Å². The van der Waals surface area contributed by atoms with Crippen LogP contribution in [0.2, 0.25) is 0 Å². The highest BCUT2D eigenvalue weighted by Gasteiger charge is 2.10. The number of aromatic nitrogens is 4. The summed E-state index contributed by atoms with van der Waals surface area (Å²) >= 11 is 0. The lowest BCUT2D eigenvalue weighted by molar-refractivity contribution is 0.479. The highest BCUT2D eigenvalue weighted by atomic mass is 16.5. The molecule has 1 N–H and O–H groups in total. The zero-order valence-electron chi connectivity index (χ0n) is 12.9. The van der Waals surface area contributed by atoms with Crippen LogP contribution in [-0.4, -0.2) is 19.7 Å². The molecule has 4 rings (SSSR count). The van der Waals surface area contributed by atoms with Crippen LogP contribution in [0.4, 0.5) is 0 Å². The van der Waals surface area contributed by atoms with Crippen LogP contribution in [0.15, 0.2) is 65.7 Å².